The summed E-state index contributed by atoms with van der Waals surface area (Å²) in [5.74, 6) is 0.581. The fraction of sp³-hybridized carbons (Fsp3) is 0.350. The average molecular weight is 346 g/mol. The van der Waals surface area contributed by atoms with Crippen LogP contribution in [-0.2, 0) is 11.3 Å². The minimum absolute atomic E-state index is 0.0451. The Hall–Kier alpha value is -2.00. The lowest BCUT2D eigenvalue weighted by atomic mass is 10.1. The Morgan fingerprint density at radius 1 is 1.08 bits per heavy atom. The quantitative estimate of drug-likeness (QED) is 0.742. The number of halogens is 1. The van der Waals surface area contributed by atoms with E-state index in [1.165, 1.54) is 0 Å². The van der Waals surface area contributed by atoms with Crippen LogP contribution in [0.5, 0.6) is 5.75 Å². The number of hydrogen-bond acceptors (Lipinski definition) is 2. The Morgan fingerprint density at radius 3 is 2.21 bits per heavy atom. The molecule has 128 valence electrons. The van der Waals surface area contributed by atoms with Crippen molar-refractivity contribution in [1.29, 1.82) is 0 Å². The predicted octanol–water partition coefficient (Wildman–Crippen LogP) is 4.93. The topological polar surface area (TPSA) is 29.5 Å². The molecule has 0 bridgehead atoms. The summed E-state index contributed by atoms with van der Waals surface area (Å²) in [5, 5.41) is 0.638. The van der Waals surface area contributed by atoms with Gasteiger partial charge in [-0.3, -0.25) is 4.79 Å². The molecule has 2 aromatic rings. The third kappa shape index (κ3) is 4.75. The molecule has 0 saturated carbocycles. The third-order valence-corrected chi connectivity index (χ3v) is 4.03. The largest absolute Gasteiger partial charge is 0.478 e. The monoisotopic (exact) mass is 345 g/mol. The van der Waals surface area contributed by atoms with E-state index in [1.54, 1.807) is 38.1 Å². The van der Waals surface area contributed by atoms with Gasteiger partial charge < -0.3 is 9.64 Å². The first-order valence-corrected chi connectivity index (χ1v) is 8.47. The SMILES string of the molecule is CC(C)N(Cc1ccccc1)C(=O)C(C)(C)Oc1ccc(Cl)cc1. The van der Waals surface area contributed by atoms with Gasteiger partial charge in [-0.25, -0.2) is 0 Å². The van der Waals surface area contributed by atoms with Crippen molar-refractivity contribution in [3.8, 4) is 5.75 Å². The molecule has 24 heavy (non-hydrogen) atoms. The highest BCUT2D eigenvalue weighted by atomic mass is 35.5. The molecule has 0 N–H and O–H groups in total. The maximum atomic E-state index is 13.1. The predicted molar refractivity (Wildman–Crippen MR) is 98.3 cm³/mol. The van der Waals surface area contributed by atoms with Gasteiger partial charge in [0.05, 0.1) is 0 Å². The summed E-state index contributed by atoms with van der Waals surface area (Å²) in [4.78, 5) is 14.9. The number of amides is 1. The van der Waals surface area contributed by atoms with E-state index in [2.05, 4.69) is 0 Å². The van der Waals surface area contributed by atoms with Gasteiger partial charge in [-0.15, -0.1) is 0 Å². The molecule has 0 aliphatic heterocycles. The second-order valence-corrected chi connectivity index (χ2v) is 7.02. The summed E-state index contributed by atoms with van der Waals surface area (Å²) in [7, 11) is 0. The standard InChI is InChI=1S/C20H24ClNO2/c1-15(2)22(14-16-8-6-5-7-9-16)19(23)20(3,4)24-18-12-10-17(21)11-13-18/h5-13,15H,14H2,1-4H3. The number of ether oxygens (including phenoxy) is 1. The number of benzene rings is 2. The van der Waals surface area contributed by atoms with E-state index in [-0.39, 0.29) is 11.9 Å². The molecular weight excluding hydrogens is 322 g/mol. The van der Waals surface area contributed by atoms with E-state index in [1.807, 2.05) is 49.1 Å². The van der Waals surface area contributed by atoms with Gasteiger partial charge >= 0.3 is 0 Å². The van der Waals surface area contributed by atoms with E-state index in [9.17, 15) is 4.79 Å². The summed E-state index contributed by atoms with van der Waals surface area (Å²) >= 11 is 5.90. The van der Waals surface area contributed by atoms with Crippen molar-refractivity contribution < 1.29 is 9.53 Å². The van der Waals surface area contributed by atoms with Crippen molar-refractivity contribution in [3.63, 3.8) is 0 Å². The van der Waals surface area contributed by atoms with Gasteiger partial charge in [0, 0.05) is 17.6 Å². The Balaban J connectivity index is 2.16. The summed E-state index contributed by atoms with van der Waals surface area (Å²) in [5.41, 5.74) is 0.134. The molecule has 0 unspecified atom stereocenters. The fourth-order valence-electron chi connectivity index (χ4n) is 2.46. The lowest BCUT2D eigenvalue weighted by Crippen LogP contribution is -2.51. The first-order valence-electron chi connectivity index (χ1n) is 8.09. The minimum atomic E-state index is -0.965. The molecule has 2 rings (SSSR count). The van der Waals surface area contributed by atoms with Crippen molar-refractivity contribution in [1.82, 2.24) is 4.90 Å². The molecule has 0 spiro atoms. The molecule has 0 aromatic heterocycles. The number of nitrogens with zero attached hydrogens (tertiary/aromatic N) is 1. The highest BCUT2D eigenvalue weighted by molar-refractivity contribution is 6.30. The van der Waals surface area contributed by atoms with Gasteiger partial charge in [0.1, 0.15) is 5.75 Å². The van der Waals surface area contributed by atoms with Crippen molar-refractivity contribution in [2.45, 2.75) is 45.9 Å². The molecule has 0 radical (unpaired) electrons. The number of rotatable bonds is 6. The van der Waals surface area contributed by atoms with Crippen LogP contribution >= 0.6 is 11.6 Å². The van der Waals surface area contributed by atoms with Crippen molar-refractivity contribution in [2.75, 3.05) is 0 Å². The molecule has 0 heterocycles. The van der Waals surface area contributed by atoms with E-state index in [0.717, 1.165) is 5.56 Å². The molecule has 0 saturated heterocycles. The Kier molecular flexibility index (Phi) is 5.89. The molecule has 2 aromatic carbocycles. The summed E-state index contributed by atoms with van der Waals surface area (Å²) in [6, 6.07) is 17.1. The molecule has 4 heteroatoms. The smallest absolute Gasteiger partial charge is 0.266 e. The van der Waals surface area contributed by atoms with Crippen LogP contribution in [0.3, 0.4) is 0 Å². The van der Waals surface area contributed by atoms with Crippen LogP contribution in [0.15, 0.2) is 54.6 Å². The van der Waals surface area contributed by atoms with E-state index in [4.69, 9.17) is 16.3 Å². The molecule has 0 aliphatic rings. The Bertz CT molecular complexity index is 666. The van der Waals surface area contributed by atoms with Gasteiger partial charge in [-0.2, -0.15) is 0 Å². The van der Waals surface area contributed by atoms with Gasteiger partial charge in [0.25, 0.3) is 5.91 Å². The van der Waals surface area contributed by atoms with E-state index >= 15 is 0 Å². The molecular formula is C20H24ClNO2. The zero-order valence-corrected chi connectivity index (χ0v) is 15.4. The zero-order chi connectivity index (χ0) is 17.7. The number of carbonyl (C=O) groups excluding carboxylic acids is 1. The number of carbonyl (C=O) groups is 1. The molecule has 0 fully saturated rings. The molecule has 1 amide bonds. The van der Waals surface area contributed by atoms with Crippen molar-refractivity contribution in [2.24, 2.45) is 0 Å². The van der Waals surface area contributed by atoms with E-state index in [0.29, 0.717) is 17.3 Å². The molecule has 0 atom stereocenters. The lowest BCUT2D eigenvalue weighted by molar-refractivity contribution is -0.148. The maximum absolute atomic E-state index is 13.1. The minimum Gasteiger partial charge on any atom is -0.478 e. The van der Waals surface area contributed by atoms with Gasteiger partial charge in [-0.05, 0) is 57.5 Å². The molecule has 0 aliphatic carbocycles. The summed E-state index contributed by atoms with van der Waals surface area (Å²) in [6.45, 7) is 8.18. The third-order valence-electron chi connectivity index (χ3n) is 3.78. The lowest BCUT2D eigenvalue weighted by Gasteiger charge is -2.35. The zero-order valence-electron chi connectivity index (χ0n) is 14.6. The van der Waals surface area contributed by atoms with Crippen molar-refractivity contribution in [3.05, 3.63) is 65.2 Å². The normalized spacial score (nSPS) is 11.4. The highest BCUT2D eigenvalue weighted by Gasteiger charge is 2.35. The molecule has 3 nitrogen and oxygen atoms in total. The average Bonchev–Trinajstić information content (AvgIpc) is 2.54. The second-order valence-electron chi connectivity index (χ2n) is 6.58. The maximum Gasteiger partial charge on any atom is 0.266 e. The van der Waals surface area contributed by atoms with Crippen LogP contribution in [0.1, 0.15) is 33.3 Å². The van der Waals surface area contributed by atoms with Gasteiger partial charge in [-0.1, -0.05) is 41.9 Å². The van der Waals surface area contributed by atoms with Crippen LogP contribution in [0, 0.1) is 0 Å². The summed E-state index contributed by atoms with van der Waals surface area (Å²) < 4.78 is 5.94. The van der Waals surface area contributed by atoms with Crippen LogP contribution in [0.4, 0.5) is 0 Å². The van der Waals surface area contributed by atoms with E-state index < -0.39 is 5.60 Å². The van der Waals surface area contributed by atoms with Gasteiger partial charge in [0.15, 0.2) is 5.60 Å². The van der Waals surface area contributed by atoms with Crippen LogP contribution in [-0.4, -0.2) is 22.4 Å². The van der Waals surface area contributed by atoms with Crippen molar-refractivity contribution >= 4 is 17.5 Å². The van der Waals surface area contributed by atoms with Crippen LogP contribution in [0.2, 0.25) is 5.02 Å². The fourth-order valence-corrected chi connectivity index (χ4v) is 2.58. The summed E-state index contributed by atoms with van der Waals surface area (Å²) in [6.07, 6.45) is 0. The Labute approximate surface area is 149 Å². The Morgan fingerprint density at radius 2 is 1.67 bits per heavy atom. The highest BCUT2D eigenvalue weighted by Crippen LogP contribution is 2.24. The van der Waals surface area contributed by atoms with Gasteiger partial charge in [0.2, 0.25) is 0 Å². The second kappa shape index (κ2) is 7.71. The van der Waals surface area contributed by atoms with Crippen LogP contribution < -0.4 is 4.74 Å². The first kappa shape index (κ1) is 18.3. The first-order chi connectivity index (χ1) is 11.3. The number of hydrogen-bond donors (Lipinski definition) is 0. The van der Waals surface area contributed by atoms with Crippen LogP contribution in [0.25, 0.3) is 0 Å².